The van der Waals surface area contributed by atoms with Crippen LogP contribution in [0.5, 0.6) is 5.75 Å². The summed E-state index contributed by atoms with van der Waals surface area (Å²) in [6.07, 6.45) is 9.73. The van der Waals surface area contributed by atoms with Gasteiger partial charge in [0.25, 0.3) is 0 Å². The number of nitriles is 1. The summed E-state index contributed by atoms with van der Waals surface area (Å²) in [6, 6.07) is 10.0. The number of imidazole rings is 1. The van der Waals surface area contributed by atoms with Crippen LogP contribution < -0.4 is 4.74 Å². The number of ether oxygens (including phenoxy) is 1. The van der Waals surface area contributed by atoms with Crippen molar-refractivity contribution in [2.75, 3.05) is 0 Å². The summed E-state index contributed by atoms with van der Waals surface area (Å²) in [7, 11) is 0. The highest BCUT2D eigenvalue weighted by atomic mass is 35.5. The Hall–Kier alpha value is -3.43. The summed E-state index contributed by atoms with van der Waals surface area (Å²) in [4.78, 5) is 13.0. The molecule has 0 saturated carbocycles. The van der Waals surface area contributed by atoms with Crippen LogP contribution in [0, 0.1) is 18.3 Å². The second kappa shape index (κ2) is 8.29. The van der Waals surface area contributed by atoms with E-state index in [1.54, 1.807) is 24.9 Å². The van der Waals surface area contributed by atoms with Gasteiger partial charge in [-0.1, -0.05) is 23.7 Å². The van der Waals surface area contributed by atoms with Crippen molar-refractivity contribution in [3.05, 3.63) is 77.2 Å². The molecule has 6 nitrogen and oxygen atoms in total. The number of rotatable bonds is 6. The highest BCUT2D eigenvalue weighted by Gasteiger charge is 2.13. The molecule has 29 heavy (non-hydrogen) atoms. The molecule has 3 heterocycles. The predicted octanol–water partition coefficient (Wildman–Crippen LogP) is 4.81. The van der Waals surface area contributed by atoms with Crippen molar-refractivity contribution in [3.63, 3.8) is 0 Å². The molecule has 4 aromatic rings. The molecule has 0 spiro atoms. The van der Waals surface area contributed by atoms with E-state index >= 15 is 0 Å². The maximum absolute atomic E-state index is 8.90. The quantitative estimate of drug-likeness (QED) is 0.461. The second-order valence-corrected chi connectivity index (χ2v) is 7.02. The third kappa shape index (κ3) is 3.91. The Morgan fingerprint density at radius 3 is 2.93 bits per heavy atom. The average molecular weight is 404 g/mol. The molecule has 0 saturated heterocycles. The molecule has 4 rings (SSSR count). The lowest BCUT2D eigenvalue weighted by Crippen LogP contribution is -2.04. The van der Waals surface area contributed by atoms with Gasteiger partial charge < -0.3 is 9.30 Å². The van der Waals surface area contributed by atoms with Crippen LogP contribution in [0.25, 0.3) is 16.6 Å². The van der Waals surface area contributed by atoms with Crippen LogP contribution in [0.2, 0.25) is 5.02 Å². The monoisotopic (exact) mass is 403 g/mol. The Bertz CT molecular complexity index is 1200. The Kier molecular flexibility index (Phi) is 5.41. The minimum absolute atomic E-state index is 0.275. The molecule has 1 aromatic carbocycles. The van der Waals surface area contributed by atoms with Gasteiger partial charge in [0.15, 0.2) is 0 Å². The van der Waals surface area contributed by atoms with Gasteiger partial charge in [0.05, 0.1) is 23.1 Å². The normalized spacial score (nSPS) is 10.8. The Labute approximate surface area is 173 Å². The number of benzene rings is 1. The number of hydrogen-bond acceptors (Lipinski definition) is 5. The summed E-state index contributed by atoms with van der Waals surface area (Å²) in [5, 5.41) is 10.4. The van der Waals surface area contributed by atoms with Crippen molar-refractivity contribution in [1.29, 1.82) is 5.26 Å². The minimum atomic E-state index is 0.275. The number of fused-ring (bicyclic) bond motifs is 1. The zero-order chi connectivity index (χ0) is 20.2. The average Bonchev–Trinajstić information content (AvgIpc) is 3.26. The molecule has 0 N–H and O–H groups in total. The molecule has 0 atom stereocenters. The fourth-order valence-electron chi connectivity index (χ4n) is 3.28. The van der Waals surface area contributed by atoms with Crippen LogP contribution in [-0.4, -0.2) is 19.5 Å². The maximum atomic E-state index is 8.90. The van der Waals surface area contributed by atoms with Gasteiger partial charge in [-0.3, -0.25) is 4.98 Å². The van der Waals surface area contributed by atoms with E-state index in [1.807, 2.05) is 42.0 Å². The number of halogens is 1. The lowest BCUT2D eigenvalue weighted by molar-refractivity contribution is 0.308. The van der Waals surface area contributed by atoms with Crippen molar-refractivity contribution in [1.82, 2.24) is 19.5 Å². The van der Waals surface area contributed by atoms with Crippen molar-refractivity contribution in [2.45, 2.75) is 26.4 Å². The Balaban J connectivity index is 1.71. The van der Waals surface area contributed by atoms with Gasteiger partial charge in [0.1, 0.15) is 17.9 Å². The molecule has 0 unspecified atom stereocenters. The number of hydrogen-bond donors (Lipinski definition) is 0. The van der Waals surface area contributed by atoms with E-state index in [2.05, 4.69) is 16.0 Å². The van der Waals surface area contributed by atoms with Gasteiger partial charge in [-0.25, -0.2) is 9.97 Å². The number of para-hydroxylation sites is 1. The van der Waals surface area contributed by atoms with Crippen LogP contribution in [-0.2, 0) is 13.0 Å². The third-order valence-corrected chi connectivity index (χ3v) is 4.99. The van der Waals surface area contributed by atoms with Crippen LogP contribution in [0.4, 0.5) is 0 Å². The fourth-order valence-corrected chi connectivity index (χ4v) is 3.51. The van der Waals surface area contributed by atoms with Gasteiger partial charge in [0, 0.05) is 47.9 Å². The second-order valence-electron chi connectivity index (χ2n) is 6.61. The Morgan fingerprint density at radius 1 is 1.24 bits per heavy atom. The predicted molar refractivity (Wildman–Crippen MR) is 111 cm³/mol. The first kappa shape index (κ1) is 18.9. The summed E-state index contributed by atoms with van der Waals surface area (Å²) in [5.41, 5.74) is 4.42. The maximum Gasteiger partial charge on any atom is 0.146 e. The van der Waals surface area contributed by atoms with Gasteiger partial charge >= 0.3 is 0 Å². The number of pyridine rings is 2. The van der Waals surface area contributed by atoms with Crippen LogP contribution in [0.1, 0.15) is 23.2 Å². The molecular formula is C22H18ClN5O. The van der Waals surface area contributed by atoms with E-state index in [9.17, 15) is 0 Å². The van der Waals surface area contributed by atoms with Gasteiger partial charge in [0.2, 0.25) is 0 Å². The molecule has 0 amide bonds. The zero-order valence-corrected chi connectivity index (χ0v) is 16.6. The standard InChI is InChI=1S/C22H18ClN5O/c1-15-10-20(28-9-8-25-14-28)17-5-2-6-21(22(17)27-15)29-13-18-16(4-3-7-24)11-26-12-19(18)23/h2,5-6,8-12,14H,3-4,13H2,1H3. The summed E-state index contributed by atoms with van der Waals surface area (Å²) in [5.74, 6) is 0.673. The molecule has 0 aliphatic rings. The van der Waals surface area contributed by atoms with Crippen LogP contribution in [0.3, 0.4) is 0 Å². The molecule has 0 aliphatic carbocycles. The zero-order valence-electron chi connectivity index (χ0n) is 15.8. The van der Waals surface area contributed by atoms with E-state index in [-0.39, 0.29) is 6.61 Å². The molecule has 3 aromatic heterocycles. The number of nitrogens with zero attached hydrogens (tertiary/aromatic N) is 5. The fraction of sp³-hybridized carbons (Fsp3) is 0.182. The van der Waals surface area contributed by atoms with Crippen molar-refractivity contribution in [3.8, 4) is 17.5 Å². The van der Waals surface area contributed by atoms with E-state index in [0.717, 1.165) is 33.4 Å². The SMILES string of the molecule is Cc1cc(-n2ccnc2)c2cccc(OCc3c(Cl)cncc3CCC#N)c2n1. The van der Waals surface area contributed by atoms with Crippen LogP contribution >= 0.6 is 11.6 Å². The molecule has 0 fully saturated rings. The first-order valence-electron chi connectivity index (χ1n) is 9.17. The summed E-state index contributed by atoms with van der Waals surface area (Å²) < 4.78 is 8.11. The molecular weight excluding hydrogens is 386 g/mol. The first-order chi connectivity index (χ1) is 14.2. The van der Waals surface area contributed by atoms with E-state index in [4.69, 9.17) is 26.6 Å². The topological polar surface area (TPSA) is 76.6 Å². The van der Waals surface area contributed by atoms with Gasteiger partial charge in [-0.2, -0.15) is 5.26 Å². The van der Waals surface area contributed by atoms with Crippen molar-refractivity contribution in [2.24, 2.45) is 0 Å². The highest BCUT2D eigenvalue weighted by molar-refractivity contribution is 6.31. The van der Waals surface area contributed by atoms with E-state index in [0.29, 0.717) is 23.6 Å². The van der Waals surface area contributed by atoms with Gasteiger partial charge in [-0.15, -0.1) is 0 Å². The molecule has 0 bridgehead atoms. The summed E-state index contributed by atoms with van der Waals surface area (Å²) >= 11 is 6.36. The Morgan fingerprint density at radius 2 is 2.14 bits per heavy atom. The van der Waals surface area contributed by atoms with Crippen molar-refractivity contribution < 1.29 is 4.74 Å². The lowest BCUT2D eigenvalue weighted by atomic mass is 10.1. The highest BCUT2D eigenvalue weighted by Crippen LogP contribution is 2.30. The number of aryl methyl sites for hydroxylation is 2. The minimum Gasteiger partial charge on any atom is -0.487 e. The molecule has 7 heteroatoms. The van der Waals surface area contributed by atoms with E-state index in [1.165, 1.54) is 0 Å². The largest absolute Gasteiger partial charge is 0.487 e. The molecule has 0 aliphatic heterocycles. The lowest BCUT2D eigenvalue weighted by Gasteiger charge is -2.15. The van der Waals surface area contributed by atoms with Crippen molar-refractivity contribution >= 4 is 22.5 Å². The molecule has 144 valence electrons. The van der Waals surface area contributed by atoms with E-state index < -0.39 is 0 Å². The van der Waals surface area contributed by atoms with Gasteiger partial charge in [-0.05, 0) is 31.0 Å². The molecule has 0 radical (unpaired) electrons. The number of aromatic nitrogens is 4. The smallest absolute Gasteiger partial charge is 0.146 e. The summed E-state index contributed by atoms with van der Waals surface area (Å²) in [6.45, 7) is 2.23. The first-order valence-corrected chi connectivity index (χ1v) is 9.55. The van der Waals surface area contributed by atoms with Crippen LogP contribution in [0.15, 0.2) is 55.4 Å². The third-order valence-electron chi connectivity index (χ3n) is 4.66.